The van der Waals surface area contributed by atoms with Crippen molar-refractivity contribution >= 4 is 17.7 Å². The van der Waals surface area contributed by atoms with E-state index in [0.29, 0.717) is 0 Å². The van der Waals surface area contributed by atoms with Gasteiger partial charge in [0.2, 0.25) is 5.91 Å². The van der Waals surface area contributed by atoms with Crippen molar-refractivity contribution in [2.75, 3.05) is 7.05 Å². The first kappa shape index (κ1) is 21.0. The summed E-state index contributed by atoms with van der Waals surface area (Å²) >= 11 is 0. The summed E-state index contributed by atoms with van der Waals surface area (Å²) < 4.78 is 14.5. The number of aromatic nitrogens is 2. The third-order valence-corrected chi connectivity index (χ3v) is 6.28. The molecule has 164 valence electrons. The number of hydrogen-bond acceptors (Lipinski definition) is 4. The first-order valence-corrected chi connectivity index (χ1v) is 10.5. The molecule has 0 radical (unpaired) electrons. The minimum atomic E-state index is -1.19. The molecular weight excluding hydrogens is 401 g/mol. The van der Waals surface area contributed by atoms with Gasteiger partial charge in [0.05, 0.1) is 6.54 Å². The van der Waals surface area contributed by atoms with Crippen LogP contribution in [0.3, 0.4) is 0 Å². The van der Waals surface area contributed by atoms with Crippen molar-refractivity contribution in [3.63, 3.8) is 0 Å². The lowest BCUT2D eigenvalue weighted by Crippen LogP contribution is -2.62. The number of nitrogens with zero attached hydrogens (tertiary/aromatic N) is 3. The lowest BCUT2D eigenvalue weighted by atomic mass is 9.96. The topological polar surface area (TPSA) is 96.3 Å². The molecule has 0 unspecified atom stereocenters. The standard InChI is InChI=1S/C22H26FN5O3/c1-22(21(31)24-12-14-7-9-15(23)10-8-14)13-28-18(20(30)27(22)2)11-17(26-28)19(29)25-16-5-3-4-6-16/h7-11,16H,3-6,12-13H2,1-2H3,(H,24,31)(H,25,29)/t22-/m0/s1. The van der Waals surface area contributed by atoms with Crippen molar-refractivity contribution in [2.45, 2.75) is 57.3 Å². The number of carbonyl (C=O) groups is 3. The smallest absolute Gasteiger partial charge is 0.272 e. The highest BCUT2D eigenvalue weighted by Gasteiger charge is 2.46. The SMILES string of the molecule is CN1C(=O)c2cc(C(=O)NC3CCCC3)nn2C[C@@]1(C)C(=O)NCc1ccc(F)cc1. The van der Waals surface area contributed by atoms with Gasteiger partial charge in [-0.25, -0.2) is 4.39 Å². The number of hydrogen-bond donors (Lipinski definition) is 2. The van der Waals surface area contributed by atoms with Gasteiger partial charge in [-0.3, -0.25) is 19.1 Å². The number of carbonyl (C=O) groups excluding carboxylic acids is 3. The third-order valence-electron chi connectivity index (χ3n) is 6.28. The van der Waals surface area contributed by atoms with Gasteiger partial charge in [0.15, 0.2) is 5.69 Å². The Balaban J connectivity index is 1.49. The van der Waals surface area contributed by atoms with Crippen LogP contribution in [0, 0.1) is 5.82 Å². The van der Waals surface area contributed by atoms with E-state index >= 15 is 0 Å². The van der Waals surface area contributed by atoms with E-state index in [1.165, 1.54) is 27.8 Å². The average Bonchev–Trinajstić information content (AvgIpc) is 3.41. The molecule has 0 spiro atoms. The van der Waals surface area contributed by atoms with E-state index in [-0.39, 0.29) is 54.1 Å². The Morgan fingerprint density at radius 1 is 1.23 bits per heavy atom. The fourth-order valence-corrected chi connectivity index (χ4v) is 4.14. The number of nitrogens with one attached hydrogen (secondary N) is 2. The predicted octanol–water partition coefficient (Wildman–Crippen LogP) is 1.86. The van der Waals surface area contributed by atoms with Gasteiger partial charge in [-0.15, -0.1) is 0 Å². The number of benzene rings is 1. The fraction of sp³-hybridized carbons (Fsp3) is 0.455. The van der Waals surface area contributed by atoms with Crippen LogP contribution in [0.4, 0.5) is 4.39 Å². The maximum atomic E-state index is 13.1. The summed E-state index contributed by atoms with van der Waals surface area (Å²) in [6, 6.07) is 7.47. The monoisotopic (exact) mass is 427 g/mol. The van der Waals surface area contributed by atoms with Crippen molar-refractivity contribution in [1.29, 1.82) is 0 Å². The van der Waals surface area contributed by atoms with Gasteiger partial charge in [-0.05, 0) is 37.5 Å². The van der Waals surface area contributed by atoms with E-state index in [1.807, 2.05) is 0 Å². The van der Waals surface area contributed by atoms with Crippen molar-refractivity contribution in [2.24, 2.45) is 0 Å². The Morgan fingerprint density at radius 3 is 2.58 bits per heavy atom. The second-order valence-corrected chi connectivity index (χ2v) is 8.47. The highest BCUT2D eigenvalue weighted by atomic mass is 19.1. The molecule has 3 amide bonds. The molecular formula is C22H26FN5O3. The highest BCUT2D eigenvalue weighted by molar-refractivity contribution is 6.01. The van der Waals surface area contributed by atoms with E-state index < -0.39 is 5.54 Å². The second kappa shape index (κ2) is 8.13. The zero-order valence-corrected chi connectivity index (χ0v) is 17.7. The molecule has 1 atom stereocenters. The number of likely N-dealkylation sites (N-methyl/N-ethyl adjacent to an activating group) is 1. The first-order valence-electron chi connectivity index (χ1n) is 10.5. The van der Waals surface area contributed by atoms with Crippen molar-refractivity contribution < 1.29 is 18.8 Å². The van der Waals surface area contributed by atoms with Gasteiger partial charge in [0.25, 0.3) is 11.8 Å². The Labute approximate surface area is 179 Å². The van der Waals surface area contributed by atoms with E-state index in [9.17, 15) is 18.8 Å². The van der Waals surface area contributed by atoms with E-state index in [1.54, 1.807) is 26.1 Å². The van der Waals surface area contributed by atoms with Gasteiger partial charge >= 0.3 is 0 Å². The number of halogens is 1. The summed E-state index contributed by atoms with van der Waals surface area (Å²) in [6.45, 7) is 1.99. The summed E-state index contributed by atoms with van der Waals surface area (Å²) in [7, 11) is 1.56. The molecule has 1 aliphatic heterocycles. The van der Waals surface area contributed by atoms with Crippen LogP contribution in [0.5, 0.6) is 0 Å². The Hall–Kier alpha value is -3.23. The zero-order chi connectivity index (χ0) is 22.2. The molecule has 4 rings (SSSR count). The molecule has 1 aromatic heterocycles. The molecule has 31 heavy (non-hydrogen) atoms. The maximum Gasteiger partial charge on any atom is 0.272 e. The van der Waals surface area contributed by atoms with Crippen molar-refractivity contribution in [3.8, 4) is 0 Å². The van der Waals surface area contributed by atoms with E-state index in [0.717, 1.165) is 31.2 Å². The van der Waals surface area contributed by atoms with Crippen LogP contribution < -0.4 is 10.6 Å². The molecule has 2 heterocycles. The van der Waals surface area contributed by atoms with Gasteiger partial charge < -0.3 is 15.5 Å². The van der Waals surface area contributed by atoms with Crippen molar-refractivity contribution in [3.05, 3.63) is 53.1 Å². The van der Waals surface area contributed by atoms with Crippen LogP contribution in [0.2, 0.25) is 0 Å². The van der Waals surface area contributed by atoms with Crippen LogP contribution in [0.1, 0.15) is 59.1 Å². The van der Waals surface area contributed by atoms with Crippen LogP contribution in [-0.4, -0.2) is 51.0 Å². The summed E-state index contributed by atoms with van der Waals surface area (Å²) in [5, 5.41) is 10.1. The third kappa shape index (κ3) is 4.04. The normalized spacial score (nSPS) is 21.1. The van der Waals surface area contributed by atoms with Crippen LogP contribution >= 0.6 is 0 Å². The summed E-state index contributed by atoms with van der Waals surface area (Å²) in [4.78, 5) is 39.9. The fourth-order valence-electron chi connectivity index (χ4n) is 4.14. The molecule has 2 N–H and O–H groups in total. The summed E-state index contributed by atoms with van der Waals surface area (Å²) in [5.74, 6) is -1.38. The first-order chi connectivity index (χ1) is 14.8. The molecule has 0 bridgehead atoms. The molecule has 1 aliphatic carbocycles. The highest BCUT2D eigenvalue weighted by Crippen LogP contribution is 2.26. The number of amides is 3. The van der Waals surface area contributed by atoms with Gasteiger partial charge in [0.1, 0.15) is 17.1 Å². The molecule has 8 nitrogen and oxygen atoms in total. The quantitative estimate of drug-likeness (QED) is 0.761. The molecule has 2 aromatic rings. The van der Waals surface area contributed by atoms with Gasteiger partial charge in [-0.2, -0.15) is 5.10 Å². The molecule has 0 saturated heterocycles. The minimum absolute atomic E-state index is 0.122. The maximum absolute atomic E-state index is 13.1. The summed E-state index contributed by atoms with van der Waals surface area (Å²) in [6.07, 6.45) is 4.10. The zero-order valence-electron chi connectivity index (χ0n) is 17.7. The average molecular weight is 427 g/mol. The Bertz CT molecular complexity index is 1010. The lowest BCUT2D eigenvalue weighted by Gasteiger charge is -2.40. The van der Waals surface area contributed by atoms with Crippen LogP contribution in [-0.2, 0) is 17.9 Å². The molecule has 1 aromatic carbocycles. The number of fused-ring (bicyclic) bond motifs is 1. The molecule has 2 aliphatic rings. The van der Waals surface area contributed by atoms with E-state index in [4.69, 9.17) is 0 Å². The van der Waals surface area contributed by atoms with Gasteiger partial charge in [-0.1, -0.05) is 25.0 Å². The second-order valence-electron chi connectivity index (χ2n) is 8.47. The predicted molar refractivity (Wildman–Crippen MR) is 111 cm³/mol. The van der Waals surface area contributed by atoms with Crippen molar-refractivity contribution in [1.82, 2.24) is 25.3 Å². The van der Waals surface area contributed by atoms with Crippen LogP contribution in [0.25, 0.3) is 0 Å². The van der Waals surface area contributed by atoms with Gasteiger partial charge in [0, 0.05) is 25.7 Å². The Kier molecular flexibility index (Phi) is 5.51. The summed E-state index contributed by atoms with van der Waals surface area (Å²) in [5.41, 5.74) is 0.0197. The van der Waals surface area contributed by atoms with Crippen LogP contribution in [0.15, 0.2) is 30.3 Å². The molecule has 9 heteroatoms. The molecule has 1 fully saturated rings. The largest absolute Gasteiger partial charge is 0.350 e. The number of rotatable bonds is 5. The lowest BCUT2D eigenvalue weighted by molar-refractivity contribution is -0.132. The minimum Gasteiger partial charge on any atom is -0.350 e. The Morgan fingerprint density at radius 2 is 1.90 bits per heavy atom. The van der Waals surface area contributed by atoms with E-state index in [2.05, 4.69) is 15.7 Å². The molecule has 1 saturated carbocycles.